The molecule has 0 aliphatic heterocycles. The SMILES string of the molecule is CCC(CC)(CC)NC(=O)C(Cl)c1ccccc1. The molecule has 0 heterocycles. The van der Waals surface area contributed by atoms with Gasteiger partial charge in [-0.3, -0.25) is 4.79 Å². The van der Waals surface area contributed by atoms with E-state index in [1.54, 1.807) is 0 Å². The first-order valence-corrected chi connectivity index (χ1v) is 7.03. The summed E-state index contributed by atoms with van der Waals surface area (Å²) in [6.45, 7) is 6.29. The van der Waals surface area contributed by atoms with Gasteiger partial charge in [-0.15, -0.1) is 11.6 Å². The Hall–Kier alpha value is -1.02. The van der Waals surface area contributed by atoms with Crippen molar-refractivity contribution in [1.82, 2.24) is 5.32 Å². The van der Waals surface area contributed by atoms with Gasteiger partial charge in [-0.25, -0.2) is 0 Å². The van der Waals surface area contributed by atoms with Crippen molar-refractivity contribution < 1.29 is 4.79 Å². The zero-order valence-corrected chi connectivity index (χ0v) is 12.1. The molecule has 0 saturated heterocycles. The number of halogens is 1. The molecule has 0 bridgehead atoms. The number of hydrogen-bond donors (Lipinski definition) is 1. The molecule has 1 unspecified atom stereocenters. The highest BCUT2D eigenvalue weighted by Crippen LogP contribution is 2.24. The highest BCUT2D eigenvalue weighted by molar-refractivity contribution is 6.30. The predicted molar refractivity (Wildman–Crippen MR) is 76.8 cm³/mol. The van der Waals surface area contributed by atoms with Crippen molar-refractivity contribution in [2.45, 2.75) is 50.9 Å². The average molecular weight is 268 g/mol. The maximum absolute atomic E-state index is 12.2. The number of carbonyl (C=O) groups excluding carboxylic acids is 1. The summed E-state index contributed by atoms with van der Waals surface area (Å²) in [5.41, 5.74) is 0.716. The lowest BCUT2D eigenvalue weighted by Crippen LogP contribution is -2.48. The second kappa shape index (κ2) is 6.79. The van der Waals surface area contributed by atoms with Gasteiger partial charge in [0.25, 0.3) is 0 Å². The van der Waals surface area contributed by atoms with Crippen LogP contribution < -0.4 is 5.32 Å². The van der Waals surface area contributed by atoms with E-state index in [1.807, 2.05) is 30.3 Å². The molecule has 1 aromatic carbocycles. The third kappa shape index (κ3) is 3.49. The largest absolute Gasteiger partial charge is 0.349 e. The van der Waals surface area contributed by atoms with Crippen LogP contribution in [0.15, 0.2) is 30.3 Å². The van der Waals surface area contributed by atoms with Crippen molar-refractivity contribution in [1.29, 1.82) is 0 Å². The molecule has 2 nitrogen and oxygen atoms in total. The minimum Gasteiger partial charge on any atom is -0.349 e. The van der Waals surface area contributed by atoms with E-state index in [2.05, 4.69) is 26.1 Å². The summed E-state index contributed by atoms with van der Waals surface area (Å²) in [5, 5.41) is 2.49. The summed E-state index contributed by atoms with van der Waals surface area (Å²) >= 11 is 6.22. The van der Waals surface area contributed by atoms with Crippen LogP contribution in [0.4, 0.5) is 0 Å². The molecular weight excluding hydrogens is 246 g/mol. The molecule has 1 rings (SSSR count). The highest BCUT2D eigenvalue weighted by atomic mass is 35.5. The Bertz CT molecular complexity index is 365. The summed E-state index contributed by atoms with van der Waals surface area (Å²) in [6, 6.07) is 9.46. The molecule has 0 aliphatic carbocycles. The lowest BCUT2D eigenvalue weighted by atomic mass is 9.89. The molecule has 0 fully saturated rings. The number of rotatable bonds is 6. The normalized spacial score (nSPS) is 13.1. The maximum atomic E-state index is 12.2. The van der Waals surface area contributed by atoms with Gasteiger partial charge >= 0.3 is 0 Å². The Labute approximate surface area is 115 Å². The van der Waals surface area contributed by atoms with Gasteiger partial charge in [0.05, 0.1) is 0 Å². The number of amides is 1. The van der Waals surface area contributed by atoms with Crippen molar-refractivity contribution in [3.63, 3.8) is 0 Å². The first-order chi connectivity index (χ1) is 8.58. The first-order valence-electron chi connectivity index (χ1n) is 6.59. The third-order valence-electron chi connectivity index (χ3n) is 3.74. The highest BCUT2D eigenvalue weighted by Gasteiger charge is 2.29. The van der Waals surface area contributed by atoms with E-state index in [1.165, 1.54) is 0 Å². The van der Waals surface area contributed by atoms with Gasteiger partial charge in [0, 0.05) is 5.54 Å². The van der Waals surface area contributed by atoms with Gasteiger partial charge in [0.2, 0.25) is 5.91 Å². The molecule has 3 heteroatoms. The van der Waals surface area contributed by atoms with Gasteiger partial charge in [0.1, 0.15) is 5.38 Å². The number of hydrogen-bond acceptors (Lipinski definition) is 1. The third-order valence-corrected chi connectivity index (χ3v) is 4.19. The number of nitrogens with one attached hydrogen (secondary N) is 1. The van der Waals surface area contributed by atoms with E-state index in [0.717, 1.165) is 24.8 Å². The number of carbonyl (C=O) groups is 1. The minimum absolute atomic E-state index is 0.103. The summed E-state index contributed by atoms with van der Waals surface area (Å²) in [5.74, 6) is -0.103. The lowest BCUT2D eigenvalue weighted by molar-refractivity contribution is -0.123. The molecule has 1 N–H and O–H groups in total. The van der Waals surface area contributed by atoms with Crippen LogP contribution in [-0.4, -0.2) is 11.4 Å². The molecule has 0 saturated carbocycles. The van der Waals surface area contributed by atoms with Crippen LogP contribution in [0.1, 0.15) is 51.0 Å². The average Bonchev–Trinajstić information content (AvgIpc) is 2.45. The summed E-state index contributed by atoms with van der Waals surface area (Å²) in [4.78, 5) is 12.2. The molecule has 18 heavy (non-hydrogen) atoms. The van der Waals surface area contributed by atoms with E-state index >= 15 is 0 Å². The Morgan fingerprint density at radius 3 is 2.11 bits per heavy atom. The molecule has 1 atom stereocenters. The Balaban J connectivity index is 2.76. The van der Waals surface area contributed by atoms with E-state index in [0.29, 0.717) is 0 Å². The molecule has 1 amide bonds. The van der Waals surface area contributed by atoms with Gasteiger partial charge in [-0.05, 0) is 24.8 Å². The van der Waals surface area contributed by atoms with Gasteiger partial charge in [0.15, 0.2) is 0 Å². The topological polar surface area (TPSA) is 29.1 Å². The summed E-state index contributed by atoms with van der Waals surface area (Å²) < 4.78 is 0. The van der Waals surface area contributed by atoms with Gasteiger partial charge in [-0.2, -0.15) is 0 Å². The van der Waals surface area contributed by atoms with Gasteiger partial charge < -0.3 is 5.32 Å². The van der Waals surface area contributed by atoms with Crippen LogP contribution >= 0.6 is 11.6 Å². The van der Waals surface area contributed by atoms with Gasteiger partial charge in [-0.1, -0.05) is 51.1 Å². The van der Waals surface area contributed by atoms with E-state index in [-0.39, 0.29) is 11.4 Å². The second-order valence-corrected chi connectivity index (χ2v) is 5.04. The zero-order valence-electron chi connectivity index (χ0n) is 11.4. The molecular formula is C15H22ClNO. The Morgan fingerprint density at radius 1 is 1.17 bits per heavy atom. The molecule has 0 aromatic heterocycles. The van der Waals surface area contributed by atoms with E-state index in [4.69, 9.17) is 11.6 Å². The van der Waals surface area contributed by atoms with Crippen LogP contribution in [0, 0.1) is 0 Å². The zero-order chi connectivity index (χ0) is 13.6. The summed E-state index contributed by atoms with van der Waals surface area (Å²) in [7, 11) is 0. The van der Waals surface area contributed by atoms with Crippen LogP contribution in [0.5, 0.6) is 0 Å². The first kappa shape index (κ1) is 15.0. The van der Waals surface area contributed by atoms with Crippen molar-refractivity contribution in [3.8, 4) is 0 Å². The van der Waals surface area contributed by atoms with Crippen LogP contribution in [-0.2, 0) is 4.79 Å². The summed E-state index contributed by atoms with van der Waals surface area (Å²) in [6.07, 6.45) is 2.76. The predicted octanol–water partition coefficient (Wildman–Crippen LogP) is 4.05. The monoisotopic (exact) mass is 267 g/mol. The lowest BCUT2D eigenvalue weighted by Gasteiger charge is -2.32. The maximum Gasteiger partial charge on any atom is 0.243 e. The van der Waals surface area contributed by atoms with Crippen molar-refractivity contribution >= 4 is 17.5 Å². The second-order valence-electron chi connectivity index (χ2n) is 4.60. The molecule has 0 radical (unpaired) electrons. The molecule has 100 valence electrons. The van der Waals surface area contributed by atoms with Crippen LogP contribution in [0.2, 0.25) is 0 Å². The quantitative estimate of drug-likeness (QED) is 0.774. The Kier molecular flexibility index (Phi) is 5.67. The minimum atomic E-state index is -0.616. The fourth-order valence-electron chi connectivity index (χ4n) is 2.11. The van der Waals surface area contributed by atoms with E-state index in [9.17, 15) is 4.79 Å². The molecule has 0 spiro atoms. The number of alkyl halides is 1. The van der Waals surface area contributed by atoms with Crippen molar-refractivity contribution in [2.75, 3.05) is 0 Å². The van der Waals surface area contributed by atoms with Crippen molar-refractivity contribution in [2.24, 2.45) is 0 Å². The van der Waals surface area contributed by atoms with E-state index < -0.39 is 5.38 Å². The Morgan fingerprint density at radius 2 is 1.67 bits per heavy atom. The van der Waals surface area contributed by atoms with Crippen LogP contribution in [0.25, 0.3) is 0 Å². The molecule has 0 aliphatic rings. The number of benzene rings is 1. The molecule has 1 aromatic rings. The van der Waals surface area contributed by atoms with Crippen molar-refractivity contribution in [3.05, 3.63) is 35.9 Å². The smallest absolute Gasteiger partial charge is 0.243 e. The fourth-order valence-corrected chi connectivity index (χ4v) is 2.31. The van der Waals surface area contributed by atoms with Crippen LogP contribution in [0.3, 0.4) is 0 Å². The standard InChI is InChI=1S/C15H22ClNO/c1-4-15(5-2,6-3)17-14(18)13(16)12-10-8-7-9-11-12/h7-11,13H,4-6H2,1-3H3,(H,17,18). The fraction of sp³-hybridized carbons (Fsp3) is 0.533.